The molecule has 1 heterocycles. The van der Waals surface area contributed by atoms with Gasteiger partial charge < -0.3 is 4.98 Å². The number of aromatic nitrogens is 1. The largest absolute Gasteiger partial charge is 0.361 e. The molecule has 1 aromatic heterocycles. The first-order valence-electron chi connectivity index (χ1n) is 6.77. The predicted octanol–water partition coefficient (Wildman–Crippen LogP) is 1.53. The minimum absolute atomic E-state index is 0.144. The molecular weight excluding hydrogens is 307 g/mol. The average molecular weight is 324 g/mol. The summed E-state index contributed by atoms with van der Waals surface area (Å²) < 4.78 is 40.5. The Bertz CT molecular complexity index is 795. The molecule has 0 unspecified atom stereocenters. The van der Waals surface area contributed by atoms with Crippen LogP contribution < -0.4 is 4.72 Å². The van der Waals surface area contributed by atoms with Gasteiger partial charge in [0.15, 0.2) is 0 Å². The standard InChI is InChI=1S/C14H17FN4O2S/c1-19(8-2-6-16)22(20,21)18-7-5-11-10-17-14-9-12(15)3-4-13(11)14/h3-4,9-10,17-18H,2,5,7-8H2,1H3. The van der Waals surface area contributed by atoms with Gasteiger partial charge in [-0.25, -0.2) is 9.11 Å². The first kappa shape index (κ1) is 16.4. The third-order valence-electron chi connectivity index (χ3n) is 3.36. The molecular formula is C14H17FN4O2S. The van der Waals surface area contributed by atoms with Crippen molar-refractivity contribution >= 4 is 21.1 Å². The Morgan fingerprint density at radius 2 is 2.23 bits per heavy atom. The quantitative estimate of drug-likeness (QED) is 0.809. The molecule has 0 saturated carbocycles. The van der Waals surface area contributed by atoms with E-state index in [0.717, 1.165) is 15.3 Å². The third-order valence-corrected chi connectivity index (χ3v) is 4.93. The third kappa shape index (κ3) is 3.82. The number of fused-ring (bicyclic) bond motifs is 1. The van der Waals surface area contributed by atoms with Crippen LogP contribution in [0.25, 0.3) is 10.9 Å². The molecule has 6 nitrogen and oxygen atoms in total. The summed E-state index contributed by atoms with van der Waals surface area (Å²) in [5, 5.41) is 9.35. The van der Waals surface area contributed by atoms with Crippen molar-refractivity contribution in [1.29, 1.82) is 5.26 Å². The zero-order valence-electron chi connectivity index (χ0n) is 12.1. The van der Waals surface area contributed by atoms with Gasteiger partial charge >= 0.3 is 0 Å². The van der Waals surface area contributed by atoms with Gasteiger partial charge in [0.25, 0.3) is 10.2 Å². The molecule has 2 rings (SSSR count). The summed E-state index contributed by atoms with van der Waals surface area (Å²) in [5.74, 6) is -0.319. The number of halogens is 1. The van der Waals surface area contributed by atoms with E-state index < -0.39 is 10.2 Å². The summed E-state index contributed by atoms with van der Waals surface area (Å²) in [6.45, 7) is 0.377. The number of benzene rings is 1. The summed E-state index contributed by atoms with van der Waals surface area (Å²) in [6.07, 6.45) is 2.38. The molecule has 0 fully saturated rings. The van der Waals surface area contributed by atoms with E-state index in [2.05, 4.69) is 9.71 Å². The summed E-state index contributed by atoms with van der Waals surface area (Å²) in [7, 11) is -2.16. The summed E-state index contributed by atoms with van der Waals surface area (Å²) >= 11 is 0. The molecule has 118 valence electrons. The van der Waals surface area contributed by atoms with E-state index in [-0.39, 0.29) is 25.3 Å². The van der Waals surface area contributed by atoms with E-state index in [0.29, 0.717) is 11.9 Å². The van der Waals surface area contributed by atoms with Crippen LogP contribution in [0.3, 0.4) is 0 Å². The van der Waals surface area contributed by atoms with Crippen LogP contribution in [-0.4, -0.2) is 37.8 Å². The number of hydrogen-bond donors (Lipinski definition) is 2. The van der Waals surface area contributed by atoms with Crippen LogP contribution in [0.4, 0.5) is 4.39 Å². The monoisotopic (exact) mass is 324 g/mol. The van der Waals surface area contributed by atoms with Gasteiger partial charge in [-0.15, -0.1) is 0 Å². The van der Waals surface area contributed by atoms with Gasteiger partial charge in [0.05, 0.1) is 6.07 Å². The molecule has 0 spiro atoms. The molecule has 8 heteroatoms. The van der Waals surface area contributed by atoms with Crippen molar-refractivity contribution < 1.29 is 12.8 Å². The van der Waals surface area contributed by atoms with Crippen LogP contribution in [0.5, 0.6) is 0 Å². The van der Waals surface area contributed by atoms with Crippen molar-refractivity contribution in [3.05, 3.63) is 35.8 Å². The Morgan fingerprint density at radius 3 is 2.95 bits per heavy atom. The molecule has 2 N–H and O–H groups in total. The van der Waals surface area contributed by atoms with Crippen molar-refractivity contribution in [1.82, 2.24) is 14.0 Å². The normalized spacial score (nSPS) is 11.9. The van der Waals surface area contributed by atoms with Gasteiger partial charge in [-0.05, 0) is 30.2 Å². The molecule has 0 aliphatic rings. The molecule has 1 aromatic carbocycles. The number of nitriles is 1. The Labute approximate surface area is 128 Å². The number of hydrogen-bond acceptors (Lipinski definition) is 3. The van der Waals surface area contributed by atoms with Crippen LogP contribution in [0.2, 0.25) is 0 Å². The first-order chi connectivity index (χ1) is 10.4. The highest BCUT2D eigenvalue weighted by atomic mass is 32.2. The molecule has 0 aliphatic carbocycles. The molecule has 22 heavy (non-hydrogen) atoms. The van der Waals surface area contributed by atoms with Crippen LogP contribution in [0.15, 0.2) is 24.4 Å². The summed E-state index contributed by atoms with van der Waals surface area (Å²) in [6, 6.07) is 6.35. The van der Waals surface area contributed by atoms with Gasteiger partial charge in [-0.2, -0.15) is 18.0 Å². The van der Waals surface area contributed by atoms with Gasteiger partial charge in [-0.3, -0.25) is 0 Å². The highest BCUT2D eigenvalue weighted by Gasteiger charge is 2.16. The lowest BCUT2D eigenvalue weighted by Gasteiger charge is -2.16. The lowest BCUT2D eigenvalue weighted by Crippen LogP contribution is -2.39. The van der Waals surface area contributed by atoms with E-state index in [9.17, 15) is 12.8 Å². The highest BCUT2D eigenvalue weighted by molar-refractivity contribution is 7.87. The van der Waals surface area contributed by atoms with Crippen molar-refractivity contribution in [3.8, 4) is 6.07 Å². The fraction of sp³-hybridized carbons (Fsp3) is 0.357. The lowest BCUT2D eigenvalue weighted by molar-refractivity contribution is 0.465. The van der Waals surface area contributed by atoms with E-state index in [1.165, 1.54) is 19.2 Å². The maximum atomic E-state index is 13.1. The van der Waals surface area contributed by atoms with Crippen molar-refractivity contribution in [3.63, 3.8) is 0 Å². The van der Waals surface area contributed by atoms with Gasteiger partial charge in [0.1, 0.15) is 5.82 Å². The van der Waals surface area contributed by atoms with Crippen molar-refractivity contribution in [2.45, 2.75) is 12.8 Å². The second-order valence-corrected chi connectivity index (χ2v) is 6.75. The SMILES string of the molecule is CN(CCC#N)S(=O)(=O)NCCc1c[nH]c2cc(F)ccc12. The zero-order chi connectivity index (χ0) is 16.2. The summed E-state index contributed by atoms with van der Waals surface area (Å²) in [5.41, 5.74) is 1.60. The fourth-order valence-electron chi connectivity index (χ4n) is 2.12. The van der Waals surface area contributed by atoms with Crippen LogP contribution in [0, 0.1) is 17.1 Å². The van der Waals surface area contributed by atoms with E-state index in [1.807, 2.05) is 6.07 Å². The second kappa shape index (κ2) is 6.87. The van der Waals surface area contributed by atoms with Gasteiger partial charge in [-0.1, -0.05) is 0 Å². The first-order valence-corrected chi connectivity index (χ1v) is 8.21. The molecule has 2 aromatic rings. The Kier molecular flexibility index (Phi) is 5.13. The van der Waals surface area contributed by atoms with Crippen LogP contribution in [0.1, 0.15) is 12.0 Å². The Morgan fingerprint density at radius 1 is 1.45 bits per heavy atom. The summed E-state index contributed by atoms with van der Waals surface area (Å²) in [4.78, 5) is 2.96. The average Bonchev–Trinajstić information content (AvgIpc) is 2.86. The Hall–Kier alpha value is -1.95. The van der Waals surface area contributed by atoms with Crippen LogP contribution in [-0.2, 0) is 16.6 Å². The molecule has 0 aliphatic heterocycles. The van der Waals surface area contributed by atoms with Crippen molar-refractivity contribution in [2.75, 3.05) is 20.1 Å². The molecule has 0 radical (unpaired) electrons. The molecule has 0 saturated heterocycles. The molecule has 0 bridgehead atoms. The highest BCUT2D eigenvalue weighted by Crippen LogP contribution is 2.19. The maximum Gasteiger partial charge on any atom is 0.279 e. The van der Waals surface area contributed by atoms with Gasteiger partial charge in [0, 0.05) is 43.7 Å². The minimum Gasteiger partial charge on any atom is -0.361 e. The number of rotatable bonds is 7. The Balaban J connectivity index is 1.96. The number of aromatic amines is 1. The van der Waals surface area contributed by atoms with Crippen molar-refractivity contribution in [2.24, 2.45) is 0 Å². The van der Waals surface area contributed by atoms with Crippen LogP contribution >= 0.6 is 0 Å². The topological polar surface area (TPSA) is 89.0 Å². The number of H-pyrrole nitrogens is 1. The molecule has 0 amide bonds. The lowest BCUT2D eigenvalue weighted by atomic mass is 10.1. The number of nitrogens with one attached hydrogen (secondary N) is 2. The fourth-order valence-corrected chi connectivity index (χ4v) is 3.03. The number of nitrogens with zero attached hydrogens (tertiary/aromatic N) is 2. The molecule has 0 atom stereocenters. The predicted molar refractivity (Wildman–Crippen MR) is 81.7 cm³/mol. The van der Waals surface area contributed by atoms with Gasteiger partial charge in [0.2, 0.25) is 0 Å². The van der Waals surface area contributed by atoms with E-state index in [4.69, 9.17) is 5.26 Å². The second-order valence-electron chi connectivity index (χ2n) is 4.88. The smallest absolute Gasteiger partial charge is 0.279 e. The minimum atomic E-state index is -3.58. The van der Waals surface area contributed by atoms with E-state index >= 15 is 0 Å². The zero-order valence-corrected chi connectivity index (χ0v) is 13.0. The maximum absolute atomic E-state index is 13.1. The van der Waals surface area contributed by atoms with E-state index in [1.54, 1.807) is 12.3 Å².